The minimum atomic E-state index is -1.04. The van der Waals surface area contributed by atoms with E-state index in [1.807, 2.05) is 6.92 Å². The van der Waals surface area contributed by atoms with Crippen molar-refractivity contribution < 1.29 is 24.2 Å². The molecule has 0 saturated carbocycles. The van der Waals surface area contributed by atoms with Crippen LogP contribution in [0.5, 0.6) is 0 Å². The first-order valence-electron chi connectivity index (χ1n) is 5.93. The molecule has 1 rings (SSSR count). The molecule has 2 atom stereocenters. The number of carbonyl (C=O) groups is 2. The summed E-state index contributed by atoms with van der Waals surface area (Å²) >= 11 is 0. The number of nitrogens with one attached hydrogen (secondary N) is 1. The first-order chi connectivity index (χ1) is 8.54. The Labute approximate surface area is 106 Å². The van der Waals surface area contributed by atoms with Crippen molar-refractivity contribution in [3.8, 4) is 0 Å². The molecule has 1 fully saturated rings. The Kier molecular flexibility index (Phi) is 5.87. The van der Waals surface area contributed by atoms with E-state index in [0.717, 1.165) is 6.42 Å². The van der Waals surface area contributed by atoms with Crippen LogP contribution in [-0.2, 0) is 14.3 Å². The summed E-state index contributed by atoms with van der Waals surface area (Å²) in [5, 5.41) is 11.6. The molecule has 2 amide bonds. The van der Waals surface area contributed by atoms with Crippen molar-refractivity contribution in [1.29, 1.82) is 0 Å². The maximum atomic E-state index is 11.9. The van der Waals surface area contributed by atoms with Gasteiger partial charge in [-0.15, -0.1) is 0 Å². The Bertz CT molecular complexity index is 297. The fourth-order valence-electron chi connectivity index (χ4n) is 1.65. The average molecular weight is 260 g/mol. The molecule has 0 spiro atoms. The van der Waals surface area contributed by atoms with Crippen molar-refractivity contribution >= 4 is 12.0 Å². The molecular formula is C11H20N2O5. The molecule has 0 bridgehead atoms. The van der Waals surface area contributed by atoms with E-state index in [-0.39, 0.29) is 25.2 Å². The maximum Gasteiger partial charge on any atom is 0.334 e. The minimum Gasteiger partial charge on any atom is -0.479 e. The predicted molar refractivity (Wildman–Crippen MR) is 63.4 cm³/mol. The van der Waals surface area contributed by atoms with Gasteiger partial charge >= 0.3 is 12.0 Å². The number of urea groups is 1. The van der Waals surface area contributed by atoms with Gasteiger partial charge in [0.25, 0.3) is 0 Å². The lowest BCUT2D eigenvalue weighted by Gasteiger charge is -2.31. The summed E-state index contributed by atoms with van der Waals surface area (Å²) < 4.78 is 9.97. The zero-order valence-corrected chi connectivity index (χ0v) is 10.7. The molecule has 1 aliphatic rings. The van der Waals surface area contributed by atoms with Gasteiger partial charge in [0.2, 0.25) is 0 Å². The summed E-state index contributed by atoms with van der Waals surface area (Å²) in [5.41, 5.74) is 0. The molecule has 0 aromatic heterocycles. The predicted octanol–water partition coefficient (Wildman–Crippen LogP) is -0.0936. The first-order valence-corrected chi connectivity index (χ1v) is 5.93. The molecule has 0 aromatic rings. The second-order valence-electron chi connectivity index (χ2n) is 4.28. The van der Waals surface area contributed by atoms with Crippen molar-refractivity contribution in [3.63, 3.8) is 0 Å². The van der Waals surface area contributed by atoms with Gasteiger partial charge in [-0.3, -0.25) is 0 Å². The first kappa shape index (κ1) is 14.7. The van der Waals surface area contributed by atoms with E-state index in [1.165, 1.54) is 4.90 Å². The summed E-state index contributed by atoms with van der Waals surface area (Å²) in [6.07, 6.45) is -0.214. The Hall–Kier alpha value is -1.34. The monoisotopic (exact) mass is 260 g/mol. The van der Waals surface area contributed by atoms with Crippen LogP contribution < -0.4 is 5.32 Å². The number of hydrogen-bond donors (Lipinski definition) is 2. The molecular weight excluding hydrogens is 240 g/mol. The Balaban J connectivity index is 2.38. The van der Waals surface area contributed by atoms with Crippen molar-refractivity contribution in [2.24, 2.45) is 0 Å². The van der Waals surface area contributed by atoms with Crippen LogP contribution in [0.15, 0.2) is 0 Å². The molecule has 0 aromatic carbocycles. The molecule has 7 nitrogen and oxygen atoms in total. The third-order valence-electron chi connectivity index (χ3n) is 2.75. The van der Waals surface area contributed by atoms with Crippen LogP contribution in [-0.4, -0.2) is 67.6 Å². The molecule has 1 saturated heterocycles. The number of hydrogen-bond acceptors (Lipinski definition) is 4. The number of methoxy groups -OCH3 is 1. The Morgan fingerprint density at radius 3 is 2.94 bits per heavy atom. The van der Waals surface area contributed by atoms with Crippen molar-refractivity contribution in [1.82, 2.24) is 10.2 Å². The van der Waals surface area contributed by atoms with Crippen molar-refractivity contribution in [2.45, 2.75) is 25.5 Å². The highest BCUT2D eigenvalue weighted by atomic mass is 16.5. The number of carboxylic acid groups (broad SMARTS) is 1. The molecule has 0 aliphatic carbocycles. The van der Waals surface area contributed by atoms with E-state index in [0.29, 0.717) is 13.2 Å². The van der Waals surface area contributed by atoms with Gasteiger partial charge in [0, 0.05) is 26.3 Å². The van der Waals surface area contributed by atoms with E-state index < -0.39 is 12.1 Å². The molecule has 1 heterocycles. The van der Waals surface area contributed by atoms with Crippen LogP contribution in [0.25, 0.3) is 0 Å². The van der Waals surface area contributed by atoms with Gasteiger partial charge in [-0.2, -0.15) is 0 Å². The van der Waals surface area contributed by atoms with Crippen LogP contribution in [0.2, 0.25) is 0 Å². The molecule has 0 radical (unpaired) electrons. The van der Waals surface area contributed by atoms with Gasteiger partial charge in [0.05, 0.1) is 13.2 Å². The highest BCUT2D eigenvalue weighted by Gasteiger charge is 2.29. The maximum absolute atomic E-state index is 11.9. The summed E-state index contributed by atoms with van der Waals surface area (Å²) in [6.45, 7) is 3.19. The second-order valence-corrected chi connectivity index (χ2v) is 4.28. The van der Waals surface area contributed by atoms with Gasteiger partial charge in [-0.1, -0.05) is 0 Å². The van der Waals surface area contributed by atoms with E-state index >= 15 is 0 Å². The average Bonchev–Trinajstić information content (AvgIpc) is 2.36. The summed E-state index contributed by atoms with van der Waals surface area (Å²) in [6, 6.07) is -0.267. The summed E-state index contributed by atoms with van der Waals surface area (Å²) in [7, 11) is 1.61. The normalized spacial score (nSPS) is 21.4. The van der Waals surface area contributed by atoms with Crippen LogP contribution in [0.4, 0.5) is 4.79 Å². The largest absolute Gasteiger partial charge is 0.479 e. The fourth-order valence-corrected chi connectivity index (χ4v) is 1.65. The van der Waals surface area contributed by atoms with Gasteiger partial charge in [0.15, 0.2) is 6.10 Å². The lowest BCUT2D eigenvalue weighted by molar-refractivity contribution is -0.154. The Morgan fingerprint density at radius 1 is 1.61 bits per heavy atom. The number of morpholine rings is 1. The zero-order chi connectivity index (χ0) is 13.5. The fraction of sp³-hybridized carbons (Fsp3) is 0.818. The van der Waals surface area contributed by atoms with Gasteiger partial charge in [0.1, 0.15) is 0 Å². The smallest absolute Gasteiger partial charge is 0.334 e. The van der Waals surface area contributed by atoms with Crippen LogP contribution >= 0.6 is 0 Å². The summed E-state index contributed by atoms with van der Waals surface area (Å²) in [4.78, 5) is 24.1. The van der Waals surface area contributed by atoms with Crippen LogP contribution in [0.1, 0.15) is 13.3 Å². The number of carboxylic acids is 1. The number of aliphatic carboxylic acids is 1. The third-order valence-corrected chi connectivity index (χ3v) is 2.75. The molecule has 104 valence electrons. The third kappa shape index (κ3) is 4.50. The summed E-state index contributed by atoms with van der Waals surface area (Å²) in [5.74, 6) is -1.04. The standard InChI is InChI=1S/C11H20N2O5/c1-8(3-5-17-2)12-11(16)13-4-6-18-9(7-13)10(14)15/h8-9H,3-7H2,1-2H3,(H,12,16)(H,14,15). The number of rotatable bonds is 5. The van der Waals surface area contributed by atoms with E-state index in [4.69, 9.17) is 14.6 Å². The van der Waals surface area contributed by atoms with Crippen LogP contribution in [0.3, 0.4) is 0 Å². The highest BCUT2D eigenvalue weighted by Crippen LogP contribution is 2.06. The second kappa shape index (κ2) is 7.17. The number of amides is 2. The lowest BCUT2D eigenvalue weighted by Crippen LogP contribution is -2.53. The zero-order valence-electron chi connectivity index (χ0n) is 10.7. The van der Waals surface area contributed by atoms with Crippen LogP contribution in [0, 0.1) is 0 Å². The molecule has 2 N–H and O–H groups in total. The van der Waals surface area contributed by atoms with Gasteiger partial charge in [-0.25, -0.2) is 9.59 Å². The SMILES string of the molecule is COCCC(C)NC(=O)N1CCOC(C(=O)O)C1. The van der Waals surface area contributed by atoms with E-state index in [2.05, 4.69) is 5.32 Å². The van der Waals surface area contributed by atoms with E-state index in [9.17, 15) is 9.59 Å². The minimum absolute atomic E-state index is 0.0106. The molecule has 2 unspecified atom stereocenters. The topological polar surface area (TPSA) is 88.1 Å². The van der Waals surface area contributed by atoms with Gasteiger partial charge < -0.3 is 24.8 Å². The number of nitrogens with zero attached hydrogens (tertiary/aromatic N) is 1. The quantitative estimate of drug-likeness (QED) is 0.721. The molecule has 18 heavy (non-hydrogen) atoms. The van der Waals surface area contributed by atoms with E-state index in [1.54, 1.807) is 7.11 Å². The molecule has 1 aliphatic heterocycles. The Morgan fingerprint density at radius 2 is 2.33 bits per heavy atom. The van der Waals surface area contributed by atoms with Crippen molar-refractivity contribution in [3.05, 3.63) is 0 Å². The highest BCUT2D eigenvalue weighted by molar-refractivity contribution is 5.77. The number of carbonyl (C=O) groups excluding carboxylic acids is 1. The van der Waals surface area contributed by atoms with Gasteiger partial charge in [-0.05, 0) is 13.3 Å². The number of ether oxygens (including phenoxy) is 2. The molecule has 7 heteroatoms. The van der Waals surface area contributed by atoms with Crippen molar-refractivity contribution in [2.75, 3.05) is 33.4 Å². The lowest BCUT2D eigenvalue weighted by atomic mass is 10.2.